The van der Waals surface area contributed by atoms with Crippen LogP contribution in [0.2, 0.25) is 5.02 Å². The first kappa shape index (κ1) is 19.7. The van der Waals surface area contributed by atoms with Gasteiger partial charge in [-0.15, -0.1) is 0 Å². The first-order chi connectivity index (χ1) is 12.8. The highest BCUT2D eigenvalue weighted by molar-refractivity contribution is 7.93. The number of halogens is 1. The second-order valence-electron chi connectivity index (χ2n) is 6.66. The van der Waals surface area contributed by atoms with Gasteiger partial charge in [-0.05, 0) is 50.3 Å². The maximum Gasteiger partial charge on any atom is 0.265 e. The summed E-state index contributed by atoms with van der Waals surface area (Å²) in [7, 11) is -0.0401. The van der Waals surface area contributed by atoms with Crippen LogP contribution in [0.1, 0.15) is 15.9 Å². The highest BCUT2D eigenvalue weighted by Gasteiger charge is 2.32. The lowest BCUT2D eigenvalue weighted by atomic mass is 10.2. The monoisotopic (exact) mass is 407 g/mol. The standard InChI is InChI=1S/C19H22ClN3O3S/c1-22(2)12-10-21-19(24)15-7-8-16(20)18(13-15)27(25,26)23-11-9-14-5-3-4-6-17(14)23/h3-8,13H,9-12H2,1-2H3,(H,21,24). The van der Waals surface area contributed by atoms with Crippen LogP contribution in [0.25, 0.3) is 0 Å². The molecule has 3 rings (SSSR count). The van der Waals surface area contributed by atoms with Crippen molar-refractivity contribution in [3.8, 4) is 0 Å². The van der Waals surface area contributed by atoms with Crippen LogP contribution < -0.4 is 9.62 Å². The van der Waals surface area contributed by atoms with Gasteiger partial charge in [0.2, 0.25) is 0 Å². The fourth-order valence-corrected chi connectivity index (χ4v) is 5.02. The number of fused-ring (bicyclic) bond motifs is 1. The first-order valence-electron chi connectivity index (χ1n) is 8.64. The van der Waals surface area contributed by atoms with Gasteiger partial charge in [-0.2, -0.15) is 0 Å². The SMILES string of the molecule is CN(C)CCNC(=O)c1ccc(Cl)c(S(=O)(=O)N2CCc3ccccc32)c1. The van der Waals surface area contributed by atoms with Crippen molar-refractivity contribution >= 4 is 33.2 Å². The molecule has 1 aliphatic rings. The molecule has 0 saturated carbocycles. The summed E-state index contributed by atoms with van der Waals surface area (Å²) in [5, 5.41) is 2.88. The molecule has 0 radical (unpaired) electrons. The molecule has 0 atom stereocenters. The van der Waals surface area contributed by atoms with Gasteiger partial charge in [0.05, 0.1) is 10.7 Å². The number of carbonyl (C=O) groups is 1. The average molecular weight is 408 g/mol. The number of hydrogen-bond acceptors (Lipinski definition) is 4. The van der Waals surface area contributed by atoms with E-state index in [4.69, 9.17) is 11.6 Å². The number of rotatable bonds is 6. The highest BCUT2D eigenvalue weighted by atomic mass is 35.5. The molecule has 1 N–H and O–H groups in total. The van der Waals surface area contributed by atoms with Gasteiger partial charge < -0.3 is 10.2 Å². The summed E-state index contributed by atoms with van der Waals surface area (Å²) < 4.78 is 27.8. The lowest BCUT2D eigenvalue weighted by molar-refractivity contribution is 0.0951. The molecule has 8 heteroatoms. The lowest BCUT2D eigenvalue weighted by Gasteiger charge is -2.20. The lowest BCUT2D eigenvalue weighted by Crippen LogP contribution is -2.32. The van der Waals surface area contributed by atoms with Crippen LogP contribution in [0.15, 0.2) is 47.4 Å². The van der Waals surface area contributed by atoms with E-state index >= 15 is 0 Å². The van der Waals surface area contributed by atoms with Gasteiger partial charge in [0.25, 0.3) is 15.9 Å². The van der Waals surface area contributed by atoms with Gasteiger partial charge >= 0.3 is 0 Å². The van der Waals surface area contributed by atoms with Crippen LogP contribution in [-0.4, -0.2) is 53.0 Å². The smallest absolute Gasteiger partial charge is 0.265 e. The van der Waals surface area contributed by atoms with Gasteiger partial charge in [-0.3, -0.25) is 9.10 Å². The molecule has 1 aliphatic heterocycles. The van der Waals surface area contributed by atoms with E-state index in [0.717, 1.165) is 5.56 Å². The van der Waals surface area contributed by atoms with Crippen LogP contribution in [-0.2, 0) is 16.4 Å². The summed E-state index contributed by atoms with van der Waals surface area (Å²) >= 11 is 6.19. The van der Waals surface area contributed by atoms with Crippen LogP contribution in [0.4, 0.5) is 5.69 Å². The number of nitrogens with zero attached hydrogens (tertiary/aromatic N) is 2. The minimum Gasteiger partial charge on any atom is -0.351 e. The van der Waals surface area contributed by atoms with E-state index in [1.165, 1.54) is 22.5 Å². The maximum atomic E-state index is 13.2. The van der Waals surface area contributed by atoms with Crippen molar-refractivity contribution in [2.45, 2.75) is 11.3 Å². The molecule has 0 aliphatic carbocycles. The van der Waals surface area contributed by atoms with Crippen molar-refractivity contribution in [2.75, 3.05) is 38.0 Å². The molecule has 6 nitrogen and oxygen atoms in total. The van der Waals surface area contributed by atoms with Crippen molar-refractivity contribution in [2.24, 2.45) is 0 Å². The Morgan fingerprint density at radius 2 is 1.96 bits per heavy atom. The number of amides is 1. The van der Waals surface area contributed by atoms with E-state index in [-0.39, 0.29) is 21.4 Å². The van der Waals surface area contributed by atoms with Gasteiger partial charge in [0, 0.05) is 25.2 Å². The van der Waals surface area contributed by atoms with Crippen LogP contribution in [0, 0.1) is 0 Å². The Balaban J connectivity index is 1.89. The fraction of sp³-hybridized carbons (Fsp3) is 0.316. The molecule has 2 aromatic rings. The molecule has 0 spiro atoms. The molecule has 2 aromatic carbocycles. The Bertz CT molecular complexity index is 960. The Hall–Kier alpha value is -2.09. The van der Waals surface area contributed by atoms with Crippen LogP contribution in [0.5, 0.6) is 0 Å². The van der Waals surface area contributed by atoms with E-state index < -0.39 is 10.0 Å². The van der Waals surface area contributed by atoms with Crippen molar-refractivity contribution in [1.29, 1.82) is 0 Å². The zero-order valence-electron chi connectivity index (χ0n) is 15.3. The van der Waals surface area contributed by atoms with Crippen molar-refractivity contribution in [3.63, 3.8) is 0 Å². The summed E-state index contributed by atoms with van der Waals surface area (Å²) in [5.41, 5.74) is 1.91. The summed E-state index contributed by atoms with van der Waals surface area (Å²) in [6.45, 7) is 1.52. The van der Waals surface area contributed by atoms with Crippen LogP contribution in [0.3, 0.4) is 0 Å². The van der Waals surface area contributed by atoms with Gasteiger partial charge in [-0.25, -0.2) is 8.42 Å². The third-order valence-corrected chi connectivity index (χ3v) is 6.75. The third kappa shape index (κ3) is 4.10. The number of nitrogens with one attached hydrogen (secondary N) is 1. The zero-order valence-corrected chi connectivity index (χ0v) is 16.8. The largest absolute Gasteiger partial charge is 0.351 e. The van der Waals surface area contributed by atoms with Crippen molar-refractivity contribution in [3.05, 3.63) is 58.6 Å². The first-order valence-corrected chi connectivity index (χ1v) is 10.5. The Labute approximate surface area is 164 Å². The number of anilines is 1. The van der Waals surface area contributed by atoms with Gasteiger partial charge in [0.15, 0.2) is 0 Å². The molecular formula is C19H22ClN3O3S. The predicted octanol–water partition coefficient (Wildman–Crippen LogP) is 2.38. The molecule has 0 saturated heterocycles. The quantitative estimate of drug-likeness (QED) is 0.798. The van der Waals surface area contributed by atoms with E-state index in [0.29, 0.717) is 31.7 Å². The third-order valence-electron chi connectivity index (χ3n) is 4.45. The van der Waals surface area contributed by atoms with E-state index in [1.807, 2.05) is 37.2 Å². The molecule has 0 bridgehead atoms. The second kappa shape index (κ2) is 7.88. The van der Waals surface area contributed by atoms with E-state index in [2.05, 4.69) is 5.32 Å². The zero-order chi connectivity index (χ0) is 19.6. The van der Waals surface area contributed by atoms with Gasteiger partial charge in [-0.1, -0.05) is 29.8 Å². The highest BCUT2D eigenvalue weighted by Crippen LogP contribution is 2.35. The summed E-state index contributed by atoms with van der Waals surface area (Å²) in [6, 6.07) is 11.7. The second-order valence-corrected chi connectivity index (χ2v) is 8.90. The Morgan fingerprint density at radius 3 is 2.70 bits per heavy atom. The topological polar surface area (TPSA) is 69.7 Å². The van der Waals surface area contributed by atoms with Crippen molar-refractivity contribution in [1.82, 2.24) is 10.2 Å². The summed E-state index contributed by atoms with van der Waals surface area (Å²) in [5.74, 6) is -0.327. The van der Waals surface area contributed by atoms with Crippen molar-refractivity contribution < 1.29 is 13.2 Å². The number of sulfonamides is 1. The minimum absolute atomic E-state index is 0.0545. The number of hydrogen-bond donors (Lipinski definition) is 1. The maximum absolute atomic E-state index is 13.2. The molecule has 1 heterocycles. The molecule has 0 aromatic heterocycles. The average Bonchev–Trinajstić information content (AvgIpc) is 3.06. The number of likely N-dealkylation sites (N-methyl/N-ethyl adjacent to an activating group) is 1. The van der Waals surface area contributed by atoms with Gasteiger partial charge in [0.1, 0.15) is 4.90 Å². The molecule has 0 unspecified atom stereocenters. The summed E-state index contributed by atoms with van der Waals surface area (Å²) in [4.78, 5) is 14.2. The fourth-order valence-electron chi connectivity index (χ4n) is 3.01. The molecule has 1 amide bonds. The molecule has 0 fully saturated rings. The molecule has 27 heavy (non-hydrogen) atoms. The number of benzene rings is 2. The molecule has 144 valence electrons. The van der Waals surface area contributed by atoms with E-state index in [9.17, 15) is 13.2 Å². The Morgan fingerprint density at radius 1 is 1.22 bits per heavy atom. The Kier molecular flexibility index (Phi) is 5.74. The normalized spacial score (nSPS) is 13.7. The summed E-state index contributed by atoms with van der Waals surface area (Å²) in [6.07, 6.45) is 0.651. The number of para-hydroxylation sites is 1. The molecular weight excluding hydrogens is 386 g/mol. The predicted molar refractivity (Wildman–Crippen MR) is 107 cm³/mol. The number of carbonyl (C=O) groups excluding carboxylic acids is 1. The van der Waals surface area contributed by atoms with Crippen LogP contribution >= 0.6 is 11.6 Å². The minimum atomic E-state index is -3.86. The van der Waals surface area contributed by atoms with E-state index in [1.54, 1.807) is 6.07 Å².